The van der Waals surface area contributed by atoms with Gasteiger partial charge in [0.1, 0.15) is 5.78 Å². The van der Waals surface area contributed by atoms with Crippen molar-refractivity contribution in [3.63, 3.8) is 0 Å². The number of benzene rings is 1. The summed E-state index contributed by atoms with van der Waals surface area (Å²) in [6, 6.07) is 7.71. The molecule has 0 spiro atoms. The van der Waals surface area contributed by atoms with E-state index in [1.54, 1.807) is 13.1 Å². The molecule has 1 aromatic rings. The molecule has 1 heterocycles. The Morgan fingerprint density at radius 2 is 2.00 bits per heavy atom. The van der Waals surface area contributed by atoms with Gasteiger partial charge in [-0.25, -0.2) is 0 Å². The molecule has 22 heavy (non-hydrogen) atoms. The van der Waals surface area contributed by atoms with E-state index in [9.17, 15) is 9.59 Å². The van der Waals surface area contributed by atoms with Gasteiger partial charge < -0.3 is 4.90 Å². The maximum Gasteiger partial charge on any atom is 0.166 e. The van der Waals surface area contributed by atoms with E-state index in [-0.39, 0.29) is 23.5 Å². The number of rotatable bonds is 2. The molecule has 0 aromatic heterocycles. The standard InChI is InChI=1S/C18H20N2O2/c1-12(21)11-20-15-7-5-4-6-14(15)19-10-13-16(20)8-18(2,3)9-17(13)22/h4-7,10H,8-9,11H2,1-3H3. The van der Waals surface area contributed by atoms with Crippen molar-refractivity contribution in [1.82, 2.24) is 0 Å². The number of fused-ring (bicyclic) bond motifs is 1. The molecule has 0 N–H and O–H groups in total. The van der Waals surface area contributed by atoms with Crippen LogP contribution in [0.1, 0.15) is 33.6 Å². The maximum atomic E-state index is 12.5. The highest BCUT2D eigenvalue weighted by Gasteiger charge is 2.36. The topological polar surface area (TPSA) is 49.7 Å². The molecule has 114 valence electrons. The fourth-order valence-electron chi connectivity index (χ4n) is 3.17. The van der Waals surface area contributed by atoms with Gasteiger partial charge in [-0.05, 0) is 30.9 Å². The summed E-state index contributed by atoms with van der Waals surface area (Å²) in [5.41, 5.74) is 3.16. The third kappa shape index (κ3) is 2.61. The van der Waals surface area contributed by atoms with E-state index in [1.807, 2.05) is 29.2 Å². The molecular formula is C18H20N2O2. The SMILES string of the molecule is CC(=O)CN1C2=C(C=Nc3ccccc31)C(=O)CC(C)(C)C2. The normalized spacial score (nSPS) is 19.6. The number of aliphatic imine (C=N–C) groups is 1. The number of carbonyl (C=O) groups excluding carboxylic acids is 2. The van der Waals surface area contributed by atoms with Crippen LogP contribution in [0.25, 0.3) is 0 Å². The van der Waals surface area contributed by atoms with Crippen molar-refractivity contribution in [2.45, 2.75) is 33.6 Å². The molecule has 0 saturated carbocycles. The first-order chi connectivity index (χ1) is 10.4. The summed E-state index contributed by atoms with van der Waals surface area (Å²) in [6.07, 6.45) is 2.95. The highest BCUT2D eigenvalue weighted by atomic mass is 16.1. The Balaban J connectivity index is 2.18. The number of allylic oxidation sites excluding steroid dienone is 2. The van der Waals surface area contributed by atoms with E-state index in [2.05, 4.69) is 18.8 Å². The van der Waals surface area contributed by atoms with Crippen molar-refractivity contribution in [2.24, 2.45) is 10.4 Å². The van der Waals surface area contributed by atoms with Crippen LogP contribution in [0.5, 0.6) is 0 Å². The second-order valence-electron chi connectivity index (χ2n) is 6.84. The second kappa shape index (κ2) is 5.20. The van der Waals surface area contributed by atoms with Gasteiger partial charge in [0, 0.05) is 18.3 Å². The van der Waals surface area contributed by atoms with Gasteiger partial charge in [-0.3, -0.25) is 14.6 Å². The van der Waals surface area contributed by atoms with E-state index in [4.69, 9.17) is 0 Å². The summed E-state index contributed by atoms with van der Waals surface area (Å²) in [5.74, 6) is 0.177. The molecule has 0 amide bonds. The van der Waals surface area contributed by atoms with Crippen LogP contribution in [0.4, 0.5) is 11.4 Å². The van der Waals surface area contributed by atoms with Gasteiger partial charge in [-0.15, -0.1) is 0 Å². The summed E-state index contributed by atoms with van der Waals surface area (Å²) in [7, 11) is 0. The zero-order chi connectivity index (χ0) is 15.9. The van der Waals surface area contributed by atoms with E-state index in [1.165, 1.54) is 0 Å². The van der Waals surface area contributed by atoms with Crippen molar-refractivity contribution in [1.29, 1.82) is 0 Å². The van der Waals surface area contributed by atoms with Gasteiger partial charge in [-0.2, -0.15) is 0 Å². The highest BCUT2D eigenvalue weighted by Crippen LogP contribution is 2.43. The molecule has 1 aromatic carbocycles. The molecule has 0 atom stereocenters. The van der Waals surface area contributed by atoms with Crippen LogP contribution in [0.2, 0.25) is 0 Å². The van der Waals surface area contributed by atoms with Gasteiger partial charge in [0.05, 0.1) is 23.5 Å². The van der Waals surface area contributed by atoms with E-state index in [0.29, 0.717) is 12.0 Å². The number of anilines is 1. The summed E-state index contributed by atoms with van der Waals surface area (Å²) in [4.78, 5) is 30.7. The lowest BCUT2D eigenvalue weighted by Crippen LogP contribution is -2.36. The van der Waals surface area contributed by atoms with Crippen LogP contribution in [0.3, 0.4) is 0 Å². The molecule has 1 aliphatic carbocycles. The summed E-state index contributed by atoms with van der Waals surface area (Å²) in [5, 5.41) is 0. The summed E-state index contributed by atoms with van der Waals surface area (Å²) >= 11 is 0. The van der Waals surface area contributed by atoms with Crippen LogP contribution >= 0.6 is 0 Å². The molecular weight excluding hydrogens is 276 g/mol. The fourth-order valence-corrected chi connectivity index (χ4v) is 3.17. The van der Waals surface area contributed by atoms with Crippen molar-refractivity contribution in [2.75, 3.05) is 11.4 Å². The van der Waals surface area contributed by atoms with Crippen LogP contribution in [-0.2, 0) is 9.59 Å². The minimum atomic E-state index is -0.0991. The van der Waals surface area contributed by atoms with E-state index in [0.717, 1.165) is 23.5 Å². The Bertz CT molecular complexity index is 714. The van der Waals surface area contributed by atoms with E-state index >= 15 is 0 Å². The Hall–Kier alpha value is -2.23. The van der Waals surface area contributed by atoms with E-state index < -0.39 is 0 Å². The lowest BCUT2D eigenvalue weighted by atomic mass is 9.75. The van der Waals surface area contributed by atoms with Gasteiger partial charge in [0.2, 0.25) is 0 Å². The molecule has 0 bridgehead atoms. The Morgan fingerprint density at radius 3 is 2.73 bits per heavy atom. The average molecular weight is 296 g/mol. The molecule has 0 radical (unpaired) electrons. The lowest BCUT2D eigenvalue weighted by molar-refractivity contribution is -0.118. The number of hydrogen-bond acceptors (Lipinski definition) is 4. The van der Waals surface area contributed by atoms with Gasteiger partial charge in [0.15, 0.2) is 5.78 Å². The highest BCUT2D eigenvalue weighted by molar-refractivity contribution is 6.16. The Morgan fingerprint density at radius 1 is 1.27 bits per heavy atom. The second-order valence-corrected chi connectivity index (χ2v) is 6.84. The minimum absolute atomic E-state index is 0.0689. The molecule has 4 heteroatoms. The number of nitrogens with zero attached hydrogens (tertiary/aromatic N) is 2. The quantitative estimate of drug-likeness (QED) is 0.840. The fraction of sp³-hybridized carbons (Fsp3) is 0.389. The predicted octanol–water partition coefficient (Wildman–Crippen LogP) is 3.44. The van der Waals surface area contributed by atoms with Gasteiger partial charge in [-0.1, -0.05) is 26.0 Å². The molecule has 3 rings (SSSR count). The maximum absolute atomic E-state index is 12.5. The van der Waals surface area contributed by atoms with Crippen LogP contribution in [0.15, 0.2) is 40.5 Å². The number of hydrogen-bond donors (Lipinski definition) is 0. The number of ketones is 2. The van der Waals surface area contributed by atoms with Crippen LogP contribution < -0.4 is 4.90 Å². The molecule has 0 saturated heterocycles. The van der Waals surface area contributed by atoms with Crippen LogP contribution in [0, 0.1) is 5.41 Å². The monoisotopic (exact) mass is 296 g/mol. The van der Waals surface area contributed by atoms with Crippen molar-refractivity contribution < 1.29 is 9.59 Å². The molecule has 1 aliphatic heterocycles. The third-order valence-corrected chi connectivity index (χ3v) is 4.11. The van der Waals surface area contributed by atoms with Gasteiger partial charge in [0.25, 0.3) is 0 Å². The predicted molar refractivity (Wildman–Crippen MR) is 87.7 cm³/mol. The number of Topliss-reactive ketones (excluding diaryl/α,β-unsaturated/α-hetero) is 2. The zero-order valence-electron chi connectivity index (χ0n) is 13.2. The largest absolute Gasteiger partial charge is 0.335 e. The molecule has 0 unspecified atom stereocenters. The summed E-state index contributed by atoms with van der Waals surface area (Å²) in [6.45, 7) is 6.02. The van der Waals surface area contributed by atoms with Crippen LogP contribution in [-0.4, -0.2) is 24.3 Å². The first-order valence-electron chi connectivity index (χ1n) is 7.54. The van der Waals surface area contributed by atoms with Crippen molar-refractivity contribution in [3.05, 3.63) is 35.5 Å². The first kappa shape index (κ1) is 14.7. The number of para-hydroxylation sites is 2. The summed E-state index contributed by atoms with van der Waals surface area (Å²) < 4.78 is 0. The molecule has 4 nitrogen and oxygen atoms in total. The average Bonchev–Trinajstić information content (AvgIpc) is 2.56. The van der Waals surface area contributed by atoms with Crippen molar-refractivity contribution >= 4 is 29.2 Å². The Labute approximate surface area is 130 Å². The number of carbonyl (C=O) groups is 2. The van der Waals surface area contributed by atoms with Gasteiger partial charge >= 0.3 is 0 Å². The lowest BCUT2D eigenvalue weighted by Gasteiger charge is -2.36. The molecule has 0 fully saturated rings. The Kier molecular flexibility index (Phi) is 3.47. The van der Waals surface area contributed by atoms with Crippen molar-refractivity contribution in [3.8, 4) is 0 Å². The third-order valence-electron chi connectivity index (χ3n) is 4.11. The zero-order valence-corrected chi connectivity index (χ0v) is 13.2. The smallest absolute Gasteiger partial charge is 0.166 e. The minimum Gasteiger partial charge on any atom is -0.335 e. The first-order valence-corrected chi connectivity index (χ1v) is 7.54. The molecule has 2 aliphatic rings.